The van der Waals surface area contributed by atoms with Crippen molar-refractivity contribution < 1.29 is 9.90 Å². The van der Waals surface area contributed by atoms with Crippen LogP contribution < -0.4 is 11.1 Å². The van der Waals surface area contributed by atoms with Gasteiger partial charge in [0.1, 0.15) is 0 Å². The Balaban J connectivity index is 2.27. The number of carbonyl (C=O) groups is 1. The molecule has 0 radical (unpaired) electrons. The summed E-state index contributed by atoms with van der Waals surface area (Å²) in [7, 11) is 0. The molecule has 0 aliphatic rings. The number of rotatable bonds is 4. The average molecular weight is 247 g/mol. The molecule has 2 aromatic rings. The van der Waals surface area contributed by atoms with E-state index >= 15 is 0 Å². The number of pyridine rings is 1. The van der Waals surface area contributed by atoms with E-state index in [-0.39, 0.29) is 5.69 Å². The van der Waals surface area contributed by atoms with Crippen LogP contribution in [0.5, 0.6) is 0 Å². The molecule has 0 fully saturated rings. The van der Waals surface area contributed by atoms with Gasteiger partial charge in [-0.1, -0.05) is 0 Å². The van der Waals surface area contributed by atoms with Crippen molar-refractivity contribution in [3.63, 3.8) is 0 Å². The standard InChI is InChI=1S/C11H13N5O2/c1-2-16-6-7(5-13-16)14-10-8(12)3-4-9(15-10)11(17)18/h3-6H,2,12H2,1H3,(H,14,15)(H,17,18). The Morgan fingerprint density at radius 2 is 2.33 bits per heavy atom. The van der Waals surface area contributed by atoms with Crippen molar-refractivity contribution in [1.82, 2.24) is 14.8 Å². The monoisotopic (exact) mass is 247 g/mol. The number of carboxylic acids is 1. The van der Waals surface area contributed by atoms with Crippen molar-refractivity contribution >= 4 is 23.2 Å². The van der Waals surface area contributed by atoms with Gasteiger partial charge in [-0.15, -0.1) is 0 Å². The molecule has 7 nitrogen and oxygen atoms in total. The molecule has 0 unspecified atom stereocenters. The Hall–Kier alpha value is -2.57. The first kappa shape index (κ1) is 11.9. The molecule has 0 atom stereocenters. The molecule has 0 spiro atoms. The first-order valence-electron chi connectivity index (χ1n) is 5.39. The average Bonchev–Trinajstić information content (AvgIpc) is 2.79. The molecule has 0 saturated heterocycles. The van der Waals surface area contributed by atoms with Gasteiger partial charge in [0.25, 0.3) is 0 Å². The number of hydrogen-bond acceptors (Lipinski definition) is 5. The van der Waals surface area contributed by atoms with Gasteiger partial charge in [-0.05, 0) is 19.1 Å². The van der Waals surface area contributed by atoms with Gasteiger partial charge in [0.2, 0.25) is 0 Å². The molecule has 0 aromatic carbocycles. The van der Waals surface area contributed by atoms with E-state index in [1.165, 1.54) is 12.1 Å². The van der Waals surface area contributed by atoms with E-state index in [9.17, 15) is 4.79 Å². The van der Waals surface area contributed by atoms with E-state index in [4.69, 9.17) is 10.8 Å². The third-order valence-corrected chi connectivity index (χ3v) is 2.37. The fraction of sp³-hybridized carbons (Fsp3) is 0.182. The van der Waals surface area contributed by atoms with E-state index in [2.05, 4.69) is 15.4 Å². The normalized spacial score (nSPS) is 10.3. The Labute approximate surface area is 103 Å². The summed E-state index contributed by atoms with van der Waals surface area (Å²) in [6, 6.07) is 2.86. The van der Waals surface area contributed by atoms with Crippen LogP contribution in [-0.4, -0.2) is 25.8 Å². The molecule has 0 bridgehead atoms. The number of aryl methyl sites for hydroxylation is 1. The summed E-state index contributed by atoms with van der Waals surface area (Å²) in [5.41, 5.74) is 6.76. The molecule has 0 saturated carbocycles. The summed E-state index contributed by atoms with van der Waals surface area (Å²) < 4.78 is 1.74. The molecule has 2 heterocycles. The topological polar surface area (TPSA) is 106 Å². The maximum Gasteiger partial charge on any atom is 0.354 e. The summed E-state index contributed by atoms with van der Waals surface area (Å²) in [6.07, 6.45) is 3.41. The lowest BCUT2D eigenvalue weighted by molar-refractivity contribution is 0.0690. The SMILES string of the molecule is CCn1cc(Nc2nc(C(=O)O)ccc2N)cn1. The maximum absolute atomic E-state index is 10.8. The Morgan fingerprint density at radius 1 is 1.56 bits per heavy atom. The Bertz CT molecular complexity index is 579. The molecule has 0 aliphatic carbocycles. The van der Waals surface area contributed by atoms with E-state index in [0.29, 0.717) is 17.2 Å². The zero-order valence-corrected chi connectivity index (χ0v) is 9.79. The summed E-state index contributed by atoms with van der Waals surface area (Å²) in [6.45, 7) is 2.72. The lowest BCUT2D eigenvalue weighted by atomic mass is 10.3. The fourth-order valence-electron chi connectivity index (χ4n) is 1.43. The minimum atomic E-state index is -1.10. The zero-order chi connectivity index (χ0) is 13.1. The largest absolute Gasteiger partial charge is 0.477 e. The van der Waals surface area contributed by atoms with Gasteiger partial charge in [0.05, 0.1) is 17.6 Å². The van der Waals surface area contributed by atoms with Crippen molar-refractivity contribution in [3.8, 4) is 0 Å². The highest BCUT2D eigenvalue weighted by Crippen LogP contribution is 2.20. The summed E-state index contributed by atoms with van der Waals surface area (Å²) in [5.74, 6) is -0.784. The number of carboxylic acid groups (broad SMARTS) is 1. The first-order chi connectivity index (χ1) is 8.60. The van der Waals surface area contributed by atoms with Gasteiger partial charge in [0, 0.05) is 12.7 Å². The molecule has 7 heteroatoms. The van der Waals surface area contributed by atoms with Crippen molar-refractivity contribution in [3.05, 3.63) is 30.2 Å². The molecule has 0 aliphatic heterocycles. The van der Waals surface area contributed by atoms with Crippen LogP contribution in [0, 0.1) is 0 Å². The number of hydrogen-bond donors (Lipinski definition) is 3. The maximum atomic E-state index is 10.8. The predicted octanol–water partition coefficient (Wildman–Crippen LogP) is 1.32. The van der Waals surface area contributed by atoms with Crippen LogP contribution >= 0.6 is 0 Å². The highest BCUT2D eigenvalue weighted by atomic mass is 16.4. The smallest absolute Gasteiger partial charge is 0.354 e. The fourth-order valence-corrected chi connectivity index (χ4v) is 1.43. The van der Waals surface area contributed by atoms with Gasteiger partial charge >= 0.3 is 5.97 Å². The molecule has 94 valence electrons. The predicted molar refractivity (Wildman–Crippen MR) is 66.8 cm³/mol. The molecule has 0 amide bonds. The molecular formula is C11H13N5O2. The van der Waals surface area contributed by atoms with E-state index < -0.39 is 5.97 Å². The van der Waals surface area contributed by atoms with Crippen molar-refractivity contribution in [2.24, 2.45) is 0 Å². The number of nitrogens with two attached hydrogens (primary N) is 1. The van der Waals surface area contributed by atoms with Crippen LogP contribution in [0.1, 0.15) is 17.4 Å². The number of aromatic nitrogens is 3. The second-order valence-electron chi connectivity index (χ2n) is 3.65. The first-order valence-corrected chi connectivity index (χ1v) is 5.39. The van der Waals surface area contributed by atoms with Gasteiger partial charge in [-0.25, -0.2) is 9.78 Å². The summed E-state index contributed by atoms with van der Waals surface area (Å²) in [5, 5.41) is 15.9. The highest BCUT2D eigenvalue weighted by molar-refractivity contribution is 5.87. The minimum Gasteiger partial charge on any atom is -0.477 e. The van der Waals surface area contributed by atoms with Gasteiger partial charge < -0.3 is 16.2 Å². The van der Waals surface area contributed by atoms with Crippen LogP contribution in [0.2, 0.25) is 0 Å². The number of nitrogen functional groups attached to an aromatic ring is 1. The summed E-state index contributed by atoms with van der Waals surface area (Å²) in [4.78, 5) is 14.7. The molecule has 2 rings (SSSR count). The zero-order valence-electron chi connectivity index (χ0n) is 9.79. The lowest BCUT2D eigenvalue weighted by Crippen LogP contribution is -2.05. The van der Waals surface area contributed by atoms with E-state index in [0.717, 1.165) is 6.54 Å². The van der Waals surface area contributed by atoms with Crippen LogP contribution in [0.15, 0.2) is 24.5 Å². The van der Waals surface area contributed by atoms with Crippen LogP contribution in [-0.2, 0) is 6.54 Å². The van der Waals surface area contributed by atoms with Gasteiger partial charge in [0.15, 0.2) is 11.5 Å². The van der Waals surface area contributed by atoms with Crippen molar-refractivity contribution in [2.45, 2.75) is 13.5 Å². The highest BCUT2D eigenvalue weighted by Gasteiger charge is 2.09. The van der Waals surface area contributed by atoms with Crippen molar-refractivity contribution in [2.75, 3.05) is 11.1 Å². The molecule has 18 heavy (non-hydrogen) atoms. The van der Waals surface area contributed by atoms with Crippen LogP contribution in [0.4, 0.5) is 17.2 Å². The molecular weight excluding hydrogens is 234 g/mol. The number of aromatic carboxylic acids is 1. The van der Waals surface area contributed by atoms with Crippen LogP contribution in [0.3, 0.4) is 0 Å². The number of anilines is 3. The Morgan fingerprint density at radius 3 is 2.94 bits per heavy atom. The second kappa shape index (κ2) is 4.74. The van der Waals surface area contributed by atoms with E-state index in [1.54, 1.807) is 17.1 Å². The number of nitrogens with zero attached hydrogens (tertiary/aromatic N) is 3. The third-order valence-electron chi connectivity index (χ3n) is 2.37. The minimum absolute atomic E-state index is 0.0606. The third kappa shape index (κ3) is 2.40. The second-order valence-corrected chi connectivity index (χ2v) is 3.65. The van der Waals surface area contributed by atoms with Gasteiger partial charge in [-0.2, -0.15) is 5.10 Å². The lowest BCUT2D eigenvalue weighted by Gasteiger charge is -2.06. The molecule has 2 aromatic heterocycles. The number of nitrogens with one attached hydrogen (secondary N) is 1. The summed E-state index contributed by atoms with van der Waals surface area (Å²) >= 11 is 0. The quantitative estimate of drug-likeness (QED) is 0.752. The van der Waals surface area contributed by atoms with E-state index in [1.807, 2.05) is 6.92 Å². The van der Waals surface area contributed by atoms with Crippen molar-refractivity contribution in [1.29, 1.82) is 0 Å². The van der Waals surface area contributed by atoms with Gasteiger partial charge in [-0.3, -0.25) is 4.68 Å². The molecule has 4 N–H and O–H groups in total. The Kier molecular flexibility index (Phi) is 3.13. The van der Waals surface area contributed by atoms with Crippen LogP contribution in [0.25, 0.3) is 0 Å².